The zero-order valence-corrected chi connectivity index (χ0v) is 15.8. The van der Waals surface area contributed by atoms with Gasteiger partial charge < -0.3 is 10.6 Å². The summed E-state index contributed by atoms with van der Waals surface area (Å²) in [5.74, 6) is -0.0626. The van der Waals surface area contributed by atoms with Crippen molar-refractivity contribution >= 4 is 46.9 Å². The molecule has 0 aliphatic carbocycles. The second kappa shape index (κ2) is 9.43. The quantitative estimate of drug-likeness (QED) is 0.301. The minimum Gasteiger partial charge on any atom is -0.339 e. The number of amides is 1. The van der Waals surface area contributed by atoms with Crippen LogP contribution in [0.25, 0.3) is 0 Å². The van der Waals surface area contributed by atoms with E-state index in [-0.39, 0.29) is 17.7 Å². The monoisotopic (exact) mass is 410 g/mol. The van der Waals surface area contributed by atoms with Gasteiger partial charge in [-0.15, -0.1) is 0 Å². The van der Waals surface area contributed by atoms with Gasteiger partial charge in [0.1, 0.15) is 10.8 Å². The van der Waals surface area contributed by atoms with Crippen molar-refractivity contribution in [3.05, 3.63) is 83.8 Å². The van der Waals surface area contributed by atoms with Crippen LogP contribution in [0.15, 0.2) is 72.5 Å². The van der Waals surface area contributed by atoms with Gasteiger partial charge in [0, 0.05) is 11.4 Å². The molecular formula is C20H16ClFN6O. The molecule has 3 rings (SSSR count). The molecular weight excluding hydrogens is 395 g/mol. The molecule has 0 radical (unpaired) electrons. The van der Waals surface area contributed by atoms with Crippen molar-refractivity contribution in [3.63, 3.8) is 0 Å². The van der Waals surface area contributed by atoms with Crippen LogP contribution in [0, 0.1) is 5.82 Å². The van der Waals surface area contributed by atoms with Gasteiger partial charge in [-0.25, -0.2) is 14.8 Å². The Morgan fingerprint density at radius 1 is 1.17 bits per heavy atom. The third-order valence-electron chi connectivity index (χ3n) is 3.57. The SMILES string of the molecule is C=CC(=O)Nc1cccc(Nc2nc(N/N=C/c3ccc(F)cc3)ncc2Cl)c1. The van der Waals surface area contributed by atoms with E-state index in [1.807, 2.05) is 0 Å². The number of anilines is 4. The molecule has 1 amide bonds. The van der Waals surface area contributed by atoms with Gasteiger partial charge in [-0.2, -0.15) is 10.1 Å². The number of hydrogen-bond acceptors (Lipinski definition) is 6. The minimum absolute atomic E-state index is 0.214. The summed E-state index contributed by atoms with van der Waals surface area (Å²) in [5, 5.41) is 10.1. The molecule has 0 bridgehead atoms. The number of hydrogen-bond donors (Lipinski definition) is 3. The van der Waals surface area contributed by atoms with Crippen molar-refractivity contribution in [2.75, 3.05) is 16.1 Å². The topological polar surface area (TPSA) is 91.3 Å². The highest BCUT2D eigenvalue weighted by Crippen LogP contribution is 2.25. The number of halogens is 2. The molecule has 9 heteroatoms. The molecule has 1 heterocycles. The third-order valence-corrected chi connectivity index (χ3v) is 3.85. The van der Waals surface area contributed by atoms with E-state index in [0.717, 1.165) is 0 Å². The molecule has 0 saturated heterocycles. The molecule has 1 aromatic heterocycles. The molecule has 3 N–H and O–H groups in total. The van der Waals surface area contributed by atoms with E-state index in [4.69, 9.17) is 11.6 Å². The normalized spacial score (nSPS) is 10.6. The van der Waals surface area contributed by atoms with E-state index < -0.39 is 0 Å². The summed E-state index contributed by atoms with van der Waals surface area (Å²) in [4.78, 5) is 19.8. The van der Waals surface area contributed by atoms with Crippen molar-refractivity contribution < 1.29 is 9.18 Å². The Bertz CT molecular complexity index is 1060. The predicted octanol–water partition coefficient (Wildman–Crippen LogP) is 4.58. The molecule has 0 aliphatic heterocycles. The maximum atomic E-state index is 12.9. The number of rotatable bonds is 7. The predicted molar refractivity (Wildman–Crippen MR) is 113 cm³/mol. The van der Waals surface area contributed by atoms with Crippen molar-refractivity contribution in [1.29, 1.82) is 0 Å². The molecule has 146 valence electrons. The first-order chi connectivity index (χ1) is 14.0. The zero-order chi connectivity index (χ0) is 20.6. The van der Waals surface area contributed by atoms with Gasteiger partial charge in [-0.05, 0) is 42.0 Å². The minimum atomic E-state index is -0.319. The Hall–Kier alpha value is -3.78. The van der Waals surface area contributed by atoms with E-state index in [2.05, 4.69) is 37.7 Å². The molecule has 0 spiro atoms. The third kappa shape index (κ3) is 5.85. The summed E-state index contributed by atoms with van der Waals surface area (Å²) >= 11 is 6.17. The van der Waals surface area contributed by atoms with E-state index in [1.165, 1.54) is 30.6 Å². The molecule has 7 nitrogen and oxygen atoms in total. The van der Waals surface area contributed by atoms with Crippen LogP contribution in [-0.2, 0) is 4.79 Å². The standard InChI is InChI=1S/C20H16ClFN6O/c1-2-18(29)25-15-4-3-5-16(10-15)26-19-17(21)12-23-20(27-19)28-24-11-13-6-8-14(22)9-7-13/h2-12H,1H2,(H,25,29)(H2,23,26,27,28)/b24-11+. The van der Waals surface area contributed by atoms with Crippen LogP contribution in [0.1, 0.15) is 5.56 Å². The fraction of sp³-hybridized carbons (Fsp3) is 0. The van der Waals surface area contributed by atoms with Crippen LogP contribution in [-0.4, -0.2) is 22.1 Å². The van der Waals surface area contributed by atoms with Gasteiger partial charge in [0.15, 0.2) is 5.82 Å². The lowest BCUT2D eigenvalue weighted by Crippen LogP contribution is -2.07. The first kappa shape index (κ1) is 20.0. The highest BCUT2D eigenvalue weighted by atomic mass is 35.5. The highest BCUT2D eigenvalue weighted by Gasteiger charge is 2.07. The van der Waals surface area contributed by atoms with Gasteiger partial charge in [0.25, 0.3) is 0 Å². The lowest BCUT2D eigenvalue weighted by atomic mass is 10.2. The molecule has 3 aromatic rings. The first-order valence-corrected chi connectivity index (χ1v) is 8.79. The van der Waals surface area contributed by atoms with Crippen LogP contribution in [0.5, 0.6) is 0 Å². The number of hydrazone groups is 1. The van der Waals surface area contributed by atoms with E-state index >= 15 is 0 Å². The average molecular weight is 411 g/mol. The Morgan fingerprint density at radius 3 is 2.69 bits per heavy atom. The van der Waals surface area contributed by atoms with Crippen LogP contribution in [0.3, 0.4) is 0 Å². The largest absolute Gasteiger partial charge is 0.339 e. The fourth-order valence-electron chi connectivity index (χ4n) is 2.23. The molecule has 0 aliphatic rings. The maximum absolute atomic E-state index is 12.9. The molecule has 2 aromatic carbocycles. The molecule has 0 atom stereocenters. The number of nitrogens with one attached hydrogen (secondary N) is 3. The van der Waals surface area contributed by atoms with Crippen LogP contribution < -0.4 is 16.1 Å². The van der Waals surface area contributed by atoms with E-state index in [9.17, 15) is 9.18 Å². The highest BCUT2D eigenvalue weighted by molar-refractivity contribution is 6.32. The first-order valence-electron chi connectivity index (χ1n) is 8.41. The Kier molecular flexibility index (Phi) is 6.49. The number of nitrogens with zero attached hydrogens (tertiary/aromatic N) is 3. The Morgan fingerprint density at radius 2 is 1.93 bits per heavy atom. The molecule has 0 saturated carbocycles. The second-order valence-corrected chi connectivity index (χ2v) is 6.12. The van der Waals surface area contributed by atoms with Gasteiger partial charge in [-0.3, -0.25) is 4.79 Å². The van der Waals surface area contributed by atoms with Gasteiger partial charge in [0.2, 0.25) is 11.9 Å². The Labute approximate surface area is 171 Å². The Balaban J connectivity index is 1.70. The number of carbonyl (C=O) groups is 1. The fourth-order valence-corrected chi connectivity index (χ4v) is 2.37. The smallest absolute Gasteiger partial charge is 0.247 e. The number of benzene rings is 2. The van der Waals surface area contributed by atoms with Crippen LogP contribution in [0.4, 0.5) is 27.5 Å². The summed E-state index contributed by atoms with van der Waals surface area (Å²) in [5.41, 5.74) is 4.66. The van der Waals surface area contributed by atoms with Crippen molar-refractivity contribution in [2.24, 2.45) is 5.10 Å². The second-order valence-electron chi connectivity index (χ2n) is 5.71. The summed E-state index contributed by atoms with van der Waals surface area (Å²) in [6.45, 7) is 3.42. The number of carbonyl (C=O) groups excluding carboxylic acids is 1. The van der Waals surface area contributed by atoms with Crippen LogP contribution >= 0.6 is 11.6 Å². The molecule has 29 heavy (non-hydrogen) atoms. The molecule has 0 fully saturated rings. The lowest BCUT2D eigenvalue weighted by Gasteiger charge is -2.10. The van der Waals surface area contributed by atoms with Crippen molar-refractivity contribution in [1.82, 2.24) is 9.97 Å². The zero-order valence-electron chi connectivity index (χ0n) is 15.1. The number of aromatic nitrogens is 2. The van der Waals surface area contributed by atoms with Crippen molar-refractivity contribution in [3.8, 4) is 0 Å². The van der Waals surface area contributed by atoms with E-state index in [0.29, 0.717) is 27.8 Å². The van der Waals surface area contributed by atoms with Crippen molar-refractivity contribution in [2.45, 2.75) is 0 Å². The van der Waals surface area contributed by atoms with E-state index in [1.54, 1.807) is 36.4 Å². The summed E-state index contributed by atoms with van der Waals surface area (Å²) in [6, 6.07) is 12.9. The van der Waals surface area contributed by atoms with Gasteiger partial charge in [0.05, 0.1) is 12.4 Å². The molecule has 0 unspecified atom stereocenters. The average Bonchev–Trinajstić information content (AvgIpc) is 2.72. The lowest BCUT2D eigenvalue weighted by molar-refractivity contribution is -0.111. The summed E-state index contributed by atoms with van der Waals surface area (Å²) < 4.78 is 12.9. The van der Waals surface area contributed by atoms with Gasteiger partial charge >= 0.3 is 0 Å². The maximum Gasteiger partial charge on any atom is 0.247 e. The van der Waals surface area contributed by atoms with Crippen LogP contribution in [0.2, 0.25) is 5.02 Å². The summed E-state index contributed by atoms with van der Waals surface area (Å²) in [6.07, 6.45) is 4.12. The summed E-state index contributed by atoms with van der Waals surface area (Å²) in [7, 11) is 0. The van der Waals surface area contributed by atoms with Gasteiger partial charge in [-0.1, -0.05) is 36.4 Å².